The van der Waals surface area contributed by atoms with Crippen LogP contribution in [-0.4, -0.2) is 34.7 Å². The lowest BCUT2D eigenvalue weighted by Crippen LogP contribution is -2.35. The molecule has 0 fully saturated rings. The van der Waals surface area contributed by atoms with Gasteiger partial charge in [-0.1, -0.05) is 0 Å². The van der Waals surface area contributed by atoms with Crippen LogP contribution in [0.3, 0.4) is 0 Å². The van der Waals surface area contributed by atoms with E-state index in [0.29, 0.717) is 10.9 Å². The minimum atomic E-state index is -0.821. The molecule has 0 saturated carbocycles. The minimum Gasteiger partial charge on any atom is -0.506 e. The van der Waals surface area contributed by atoms with Gasteiger partial charge in [-0.05, 0) is 54.1 Å². The highest BCUT2D eigenvalue weighted by atomic mass is 127. The van der Waals surface area contributed by atoms with Crippen molar-refractivity contribution in [1.82, 2.24) is 9.88 Å². The predicted octanol–water partition coefficient (Wildman–Crippen LogP) is 1.45. The first-order valence-corrected chi connectivity index (χ1v) is 8.31. The van der Waals surface area contributed by atoms with Crippen molar-refractivity contribution in [2.45, 2.75) is 13.8 Å². The summed E-state index contributed by atoms with van der Waals surface area (Å²) < 4.78 is 6.91. The summed E-state index contributed by atoms with van der Waals surface area (Å²) in [6, 6.07) is 3.49. The normalized spacial score (nSPS) is 10.7. The van der Waals surface area contributed by atoms with Crippen LogP contribution < -0.4 is 10.9 Å². The lowest BCUT2D eigenvalue weighted by molar-refractivity contribution is -0.141. The van der Waals surface area contributed by atoms with Gasteiger partial charge in [-0.25, -0.2) is 0 Å². The molecule has 1 amide bonds. The summed E-state index contributed by atoms with van der Waals surface area (Å²) in [6.07, 6.45) is 0. The van der Waals surface area contributed by atoms with Crippen molar-refractivity contribution in [3.63, 3.8) is 0 Å². The summed E-state index contributed by atoms with van der Waals surface area (Å²) >= 11 is 2.11. The number of carbonyl (C=O) groups is 2. The van der Waals surface area contributed by atoms with E-state index in [-0.39, 0.29) is 13.2 Å². The van der Waals surface area contributed by atoms with Gasteiger partial charge in [0.05, 0.1) is 12.1 Å². The largest absolute Gasteiger partial charge is 0.506 e. The zero-order chi connectivity index (χ0) is 18.0. The Kier molecular flexibility index (Phi) is 5.47. The number of amides is 1. The summed E-state index contributed by atoms with van der Waals surface area (Å²) in [4.78, 5) is 36.0. The minimum absolute atomic E-state index is 0.190. The molecule has 0 atom stereocenters. The first-order valence-electron chi connectivity index (χ1n) is 7.23. The Labute approximate surface area is 151 Å². The molecule has 0 bridgehead atoms. The van der Waals surface area contributed by atoms with Crippen LogP contribution in [0.15, 0.2) is 16.9 Å². The van der Waals surface area contributed by atoms with Crippen LogP contribution in [0.2, 0.25) is 0 Å². The van der Waals surface area contributed by atoms with Gasteiger partial charge in [0.2, 0.25) is 0 Å². The standard InChI is InChI=1S/C16H17IN2O5/c1-4-24-12(20)7-18-15(22)13-14(21)9-6-10(17)8(2)5-11(9)19(3)16(13)23/h5-6,21H,4,7H2,1-3H3,(H,18,22). The van der Waals surface area contributed by atoms with Gasteiger partial charge >= 0.3 is 5.97 Å². The van der Waals surface area contributed by atoms with Crippen molar-refractivity contribution in [3.05, 3.63) is 37.2 Å². The predicted molar refractivity (Wildman–Crippen MR) is 97.3 cm³/mol. The summed E-state index contributed by atoms with van der Waals surface area (Å²) in [6.45, 7) is 3.35. The molecule has 1 heterocycles. The molecule has 2 N–H and O–H groups in total. The zero-order valence-electron chi connectivity index (χ0n) is 13.5. The number of aromatic hydroxyl groups is 1. The molecule has 128 valence electrons. The number of aromatic nitrogens is 1. The number of nitrogens with zero attached hydrogens (tertiary/aromatic N) is 1. The van der Waals surface area contributed by atoms with E-state index in [1.165, 1.54) is 11.6 Å². The highest BCUT2D eigenvalue weighted by molar-refractivity contribution is 14.1. The topological polar surface area (TPSA) is 97.6 Å². The number of nitrogens with one attached hydrogen (secondary N) is 1. The first kappa shape index (κ1) is 18.2. The number of esters is 1. The average Bonchev–Trinajstić information content (AvgIpc) is 2.53. The second-order valence-corrected chi connectivity index (χ2v) is 6.36. The molecule has 24 heavy (non-hydrogen) atoms. The number of pyridine rings is 1. The number of ether oxygens (including phenoxy) is 1. The van der Waals surface area contributed by atoms with E-state index in [2.05, 4.69) is 27.9 Å². The molecule has 1 aromatic carbocycles. The molecule has 0 unspecified atom stereocenters. The van der Waals surface area contributed by atoms with Crippen LogP contribution in [-0.2, 0) is 16.6 Å². The van der Waals surface area contributed by atoms with Gasteiger partial charge in [-0.3, -0.25) is 14.4 Å². The molecule has 8 heteroatoms. The number of hydrogen-bond acceptors (Lipinski definition) is 5. The van der Waals surface area contributed by atoms with E-state index in [9.17, 15) is 19.5 Å². The molecule has 0 spiro atoms. The Morgan fingerprint density at radius 3 is 2.67 bits per heavy atom. The molecule has 2 aromatic rings. The van der Waals surface area contributed by atoms with Crippen LogP contribution in [0, 0.1) is 10.5 Å². The van der Waals surface area contributed by atoms with Gasteiger partial charge in [-0.2, -0.15) is 0 Å². The highest BCUT2D eigenvalue weighted by Gasteiger charge is 2.22. The van der Waals surface area contributed by atoms with Crippen molar-refractivity contribution >= 4 is 45.4 Å². The summed E-state index contributed by atoms with van der Waals surface area (Å²) in [5.41, 5.74) is 0.449. The van der Waals surface area contributed by atoms with Gasteiger partial charge in [0, 0.05) is 16.0 Å². The van der Waals surface area contributed by atoms with Crippen molar-refractivity contribution < 1.29 is 19.4 Å². The maximum absolute atomic E-state index is 12.4. The Morgan fingerprint density at radius 1 is 1.38 bits per heavy atom. The molecule has 0 aliphatic carbocycles. The number of hydrogen-bond donors (Lipinski definition) is 2. The van der Waals surface area contributed by atoms with Crippen LogP contribution in [0.5, 0.6) is 5.75 Å². The van der Waals surface area contributed by atoms with Crippen LogP contribution in [0.1, 0.15) is 22.8 Å². The molecule has 0 aliphatic rings. The lowest BCUT2D eigenvalue weighted by Gasteiger charge is -2.13. The number of rotatable bonds is 4. The molecule has 2 rings (SSSR count). The average molecular weight is 444 g/mol. The van der Waals surface area contributed by atoms with Crippen molar-refractivity contribution in [2.75, 3.05) is 13.2 Å². The second-order valence-electron chi connectivity index (χ2n) is 5.19. The van der Waals surface area contributed by atoms with Crippen molar-refractivity contribution in [2.24, 2.45) is 7.05 Å². The van der Waals surface area contributed by atoms with E-state index in [0.717, 1.165) is 9.13 Å². The van der Waals surface area contributed by atoms with Crippen LogP contribution in [0.4, 0.5) is 0 Å². The number of aryl methyl sites for hydroxylation is 2. The number of fused-ring (bicyclic) bond motifs is 1. The number of carbonyl (C=O) groups excluding carboxylic acids is 2. The van der Waals surface area contributed by atoms with Gasteiger partial charge in [0.15, 0.2) is 0 Å². The van der Waals surface area contributed by atoms with Crippen molar-refractivity contribution in [3.8, 4) is 5.75 Å². The molecule has 0 saturated heterocycles. The Hall–Kier alpha value is -2.10. The van der Waals surface area contributed by atoms with Crippen LogP contribution in [0.25, 0.3) is 10.9 Å². The maximum atomic E-state index is 12.4. The fraction of sp³-hybridized carbons (Fsp3) is 0.312. The molecular weight excluding hydrogens is 427 g/mol. The second kappa shape index (κ2) is 7.20. The Balaban J connectivity index is 2.51. The van der Waals surface area contributed by atoms with E-state index in [1.807, 2.05) is 6.92 Å². The summed E-state index contributed by atoms with van der Waals surface area (Å²) in [7, 11) is 1.53. The summed E-state index contributed by atoms with van der Waals surface area (Å²) in [5, 5.41) is 13.1. The third kappa shape index (κ3) is 3.37. The van der Waals surface area contributed by atoms with E-state index >= 15 is 0 Å². The fourth-order valence-electron chi connectivity index (χ4n) is 2.30. The van der Waals surface area contributed by atoms with Gasteiger partial charge in [-0.15, -0.1) is 0 Å². The molecular formula is C16H17IN2O5. The van der Waals surface area contributed by atoms with Gasteiger partial charge in [0.1, 0.15) is 17.9 Å². The quantitative estimate of drug-likeness (QED) is 0.550. The highest BCUT2D eigenvalue weighted by Crippen LogP contribution is 2.29. The third-order valence-corrected chi connectivity index (χ3v) is 4.74. The van der Waals surface area contributed by atoms with Crippen molar-refractivity contribution in [1.29, 1.82) is 0 Å². The van der Waals surface area contributed by atoms with Gasteiger partial charge < -0.3 is 19.7 Å². The van der Waals surface area contributed by atoms with E-state index in [4.69, 9.17) is 4.74 Å². The van der Waals surface area contributed by atoms with E-state index in [1.54, 1.807) is 19.1 Å². The van der Waals surface area contributed by atoms with Crippen LogP contribution >= 0.6 is 22.6 Å². The Morgan fingerprint density at radius 2 is 2.04 bits per heavy atom. The Bertz CT molecular complexity index is 888. The van der Waals surface area contributed by atoms with E-state index < -0.39 is 28.7 Å². The lowest BCUT2D eigenvalue weighted by atomic mass is 10.1. The molecule has 1 aromatic heterocycles. The molecule has 0 aliphatic heterocycles. The first-order chi connectivity index (χ1) is 11.3. The molecule has 7 nitrogen and oxygen atoms in total. The number of halogens is 1. The summed E-state index contributed by atoms with van der Waals surface area (Å²) in [5.74, 6) is -1.83. The smallest absolute Gasteiger partial charge is 0.325 e. The zero-order valence-corrected chi connectivity index (χ0v) is 15.6. The molecule has 0 radical (unpaired) electrons. The number of benzene rings is 1. The SMILES string of the molecule is CCOC(=O)CNC(=O)c1c(O)c2cc(I)c(C)cc2n(C)c1=O. The maximum Gasteiger partial charge on any atom is 0.325 e. The monoisotopic (exact) mass is 444 g/mol. The fourth-order valence-corrected chi connectivity index (χ4v) is 2.77. The third-order valence-electron chi connectivity index (χ3n) is 3.57. The van der Waals surface area contributed by atoms with Gasteiger partial charge in [0.25, 0.3) is 11.5 Å².